The molecule has 2 unspecified atom stereocenters. The van der Waals surface area contributed by atoms with Crippen molar-refractivity contribution in [3.8, 4) is 0 Å². The van der Waals surface area contributed by atoms with E-state index in [4.69, 9.17) is 16.3 Å². The van der Waals surface area contributed by atoms with Crippen LogP contribution in [0.25, 0.3) is 5.57 Å². The fourth-order valence-corrected chi connectivity index (χ4v) is 5.46. The topological polar surface area (TPSA) is 38.3 Å². The van der Waals surface area contributed by atoms with E-state index >= 15 is 0 Å². The first kappa shape index (κ1) is 24.9. The Kier molecular flexibility index (Phi) is 9.71. The van der Waals surface area contributed by atoms with Crippen LogP contribution in [0.15, 0.2) is 36.1 Å². The van der Waals surface area contributed by atoms with Gasteiger partial charge in [0.05, 0.1) is 6.61 Å². The molecule has 0 bridgehead atoms. The van der Waals surface area contributed by atoms with Crippen molar-refractivity contribution in [1.82, 2.24) is 5.32 Å². The molecule has 0 radical (unpaired) electrons. The van der Waals surface area contributed by atoms with Crippen LogP contribution in [0.3, 0.4) is 0 Å². The monoisotopic (exact) mass is 457 g/mol. The number of unbranched alkanes of at least 4 members (excludes halogenated alkanes) is 1. The lowest BCUT2D eigenvalue weighted by atomic mass is 9.73. The molecule has 1 heterocycles. The van der Waals surface area contributed by atoms with E-state index in [0.717, 1.165) is 36.6 Å². The van der Waals surface area contributed by atoms with Crippen LogP contribution in [0.1, 0.15) is 82.8 Å². The van der Waals surface area contributed by atoms with Gasteiger partial charge in [-0.2, -0.15) is 0 Å². The highest BCUT2D eigenvalue weighted by molar-refractivity contribution is 6.30. The zero-order valence-electron chi connectivity index (χ0n) is 20.1. The highest BCUT2D eigenvalue weighted by Gasteiger charge is 2.33. The molecule has 1 aromatic carbocycles. The minimum absolute atomic E-state index is 0.0804. The van der Waals surface area contributed by atoms with Crippen molar-refractivity contribution in [2.45, 2.75) is 78.6 Å². The van der Waals surface area contributed by atoms with Gasteiger partial charge < -0.3 is 10.1 Å². The van der Waals surface area contributed by atoms with Crippen molar-refractivity contribution < 1.29 is 9.53 Å². The maximum Gasteiger partial charge on any atom is 0.286 e. The van der Waals surface area contributed by atoms with Crippen molar-refractivity contribution in [1.29, 1.82) is 0 Å². The number of hydrogen-bond donors (Lipinski definition) is 1. The first-order chi connectivity index (χ1) is 15.5. The molecule has 32 heavy (non-hydrogen) atoms. The summed E-state index contributed by atoms with van der Waals surface area (Å²) in [6, 6.07) is 6.02. The Morgan fingerprint density at radius 1 is 1.22 bits per heavy atom. The van der Waals surface area contributed by atoms with Gasteiger partial charge in [-0.05, 0) is 72.9 Å². The molecule has 4 heteroatoms. The molecule has 1 N–H and O–H groups in total. The van der Waals surface area contributed by atoms with Gasteiger partial charge in [-0.1, -0.05) is 76.1 Å². The average Bonchev–Trinajstić information content (AvgIpc) is 2.83. The number of aryl methyl sites for hydroxylation is 1. The molecule has 1 fully saturated rings. The number of hydrogen-bond acceptors (Lipinski definition) is 2. The Labute approximate surface area is 199 Å². The number of ether oxygens (including phenoxy) is 1. The third-order valence-electron chi connectivity index (χ3n) is 7.20. The Morgan fingerprint density at radius 3 is 2.72 bits per heavy atom. The fourth-order valence-electron chi connectivity index (χ4n) is 5.29. The van der Waals surface area contributed by atoms with Crippen LogP contribution in [0.4, 0.5) is 0 Å². The molecule has 0 saturated heterocycles. The highest BCUT2D eigenvalue weighted by Crippen LogP contribution is 2.38. The molecular formula is C28H40ClNO2. The van der Waals surface area contributed by atoms with Gasteiger partial charge in [0.2, 0.25) is 0 Å². The summed E-state index contributed by atoms with van der Waals surface area (Å²) in [5, 5.41) is 3.84. The SMILES string of the molecule is CCCC=C(CCNC(=O)C1=CC(CC)C(C2CCCCC2)CO1)c1cc(Cl)ccc1C. The van der Waals surface area contributed by atoms with Gasteiger partial charge in [-0.15, -0.1) is 0 Å². The first-order valence-corrected chi connectivity index (χ1v) is 13.0. The third kappa shape index (κ3) is 6.63. The lowest BCUT2D eigenvalue weighted by Gasteiger charge is -2.37. The quantitative estimate of drug-likeness (QED) is 0.417. The van der Waals surface area contributed by atoms with Gasteiger partial charge in [0, 0.05) is 17.5 Å². The molecule has 1 saturated carbocycles. The molecule has 3 nitrogen and oxygen atoms in total. The number of carbonyl (C=O) groups excluding carboxylic acids is 1. The van der Waals surface area contributed by atoms with Crippen LogP contribution < -0.4 is 5.32 Å². The van der Waals surface area contributed by atoms with Crippen LogP contribution in [0.2, 0.25) is 5.02 Å². The number of carbonyl (C=O) groups is 1. The van der Waals surface area contributed by atoms with Crippen molar-refractivity contribution in [3.63, 3.8) is 0 Å². The van der Waals surface area contributed by atoms with Gasteiger partial charge >= 0.3 is 0 Å². The molecule has 3 rings (SSSR count). The molecule has 1 aliphatic carbocycles. The van der Waals surface area contributed by atoms with Crippen LogP contribution in [0.5, 0.6) is 0 Å². The Bertz CT molecular complexity index is 823. The summed E-state index contributed by atoms with van der Waals surface area (Å²) in [5.74, 6) is 2.19. The van der Waals surface area contributed by atoms with Crippen molar-refractivity contribution in [2.75, 3.05) is 13.2 Å². The number of amides is 1. The number of rotatable bonds is 9. The van der Waals surface area contributed by atoms with Gasteiger partial charge in [0.1, 0.15) is 0 Å². The molecule has 176 valence electrons. The predicted molar refractivity (Wildman–Crippen MR) is 135 cm³/mol. The smallest absolute Gasteiger partial charge is 0.286 e. The second-order valence-corrected chi connectivity index (χ2v) is 9.90. The van der Waals surface area contributed by atoms with E-state index in [1.165, 1.54) is 48.8 Å². The lowest BCUT2D eigenvalue weighted by molar-refractivity contribution is -0.122. The molecule has 2 aliphatic rings. The summed E-state index contributed by atoms with van der Waals surface area (Å²) < 4.78 is 6.00. The van der Waals surface area contributed by atoms with E-state index in [-0.39, 0.29) is 5.91 Å². The maximum atomic E-state index is 12.9. The summed E-state index contributed by atoms with van der Waals surface area (Å²) in [6.07, 6.45) is 15.0. The number of nitrogens with one attached hydrogen (secondary N) is 1. The first-order valence-electron chi connectivity index (χ1n) is 12.6. The number of allylic oxidation sites excluding steroid dienone is 2. The van der Waals surface area contributed by atoms with Gasteiger partial charge in [-0.3, -0.25) is 4.79 Å². The molecule has 1 aromatic rings. The van der Waals surface area contributed by atoms with Crippen LogP contribution in [-0.2, 0) is 9.53 Å². The van der Waals surface area contributed by atoms with Gasteiger partial charge in [0.25, 0.3) is 5.91 Å². The molecule has 0 spiro atoms. The Morgan fingerprint density at radius 2 is 2.00 bits per heavy atom. The second kappa shape index (κ2) is 12.5. The average molecular weight is 458 g/mol. The normalized spacial score (nSPS) is 22.2. The van der Waals surface area contributed by atoms with E-state index < -0.39 is 0 Å². The largest absolute Gasteiger partial charge is 0.488 e. The third-order valence-corrected chi connectivity index (χ3v) is 7.44. The minimum atomic E-state index is -0.0804. The maximum absolute atomic E-state index is 12.9. The van der Waals surface area contributed by atoms with Crippen LogP contribution in [-0.4, -0.2) is 19.1 Å². The van der Waals surface area contributed by atoms with E-state index in [2.05, 4.69) is 44.3 Å². The summed E-state index contributed by atoms with van der Waals surface area (Å²) in [7, 11) is 0. The van der Waals surface area contributed by atoms with Gasteiger partial charge in [0.15, 0.2) is 5.76 Å². The zero-order chi connectivity index (χ0) is 22.9. The van der Waals surface area contributed by atoms with E-state index in [1.807, 2.05) is 12.1 Å². The van der Waals surface area contributed by atoms with Crippen molar-refractivity contribution in [3.05, 3.63) is 52.3 Å². The molecule has 1 amide bonds. The summed E-state index contributed by atoms with van der Waals surface area (Å²) in [5.41, 5.74) is 3.63. The van der Waals surface area contributed by atoms with E-state index in [9.17, 15) is 4.79 Å². The van der Waals surface area contributed by atoms with Gasteiger partial charge in [-0.25, -0.2) is 0 Å². The highest BCUT2D eigenvalue weighted by atomic mass is 35.5. The summed E-state index contributed by atoms with van der Waals surface area (Å²) in [4.78, 5) is 12.9. The second-order valence-electron chi connectivity index (χ2n) is 9.46. The van der Waals surface area contributed by atoms with Crippen molar-refractivity contribution >= 4 is 23.1 Å². The summed E-state index contributed by atoms with van der Waals surface area (Å²) in [6.45, 7) is 7.79. The molecule has 2 atom stereocenters. The molecular weight excluding hydrogens is 418 g/mol. The zero-order valence-corrected chi connectivity index (χ0v) is 20.8. The number of halogens is 1. The standard InChI is InChI=1S/C28H40ClNO2/c1-4-6-10-23(25-18-24(29)14-13-20(25)3)15-16-30-28(31)27-17-21(5-2)26(19-32-27)22-11-8-7-9-12-22/h10,13-14,17-18,21-22,26H,4-9,11-12,15-16,19H2,1-3H3,(H,30,31). The van der Waals surface area contributed by atoms with Crippen LogP contribution >= 0.6 is 11.6 Å². The fraction of sp³-hybridized carbons (Fsp3) is 0.607. The minimum Gasteiger partial charge on any atom is -0.488 e. The lowest BCUT2D eigenvalue weighted by Crippen LogP contribution is -2.36. The predicted octanol–water partition coefficient (Wildman–Crippen LogP) is 7.48. The molecule has 0 aromatic heterocycles. The van der Waals surface area contributed by atoms with Crippen LogP contribution in [0, 0.1) is 24.7 Å². The number of benzene rings is 1. The molecule has 1 aliphatic heterocycles. The Hall–Kier alpha value is -1.74. The van der Waals surface area contributed by atoms with E-state index in [1.54, 1.807) is 0 Å². The summed E-state index contributed by atoms with van der Waals surface area (Å²) >= 11 is 6.26. The van der Waals surface area contributed by atoms with E-state index in [0.29, 0.717) is 30.7 Å². The van der Waals surface area contributed by atoms with Crippen molar-refractivity contribution in [2.24, 2.45) is 17.8 Å². The Balaban J connectivity index is 1.60.